The standard InChI is InChI=1S/C17H19NO6/c1-3-22-15(19)11-10-14(16(20)23-4-2)18-17(21)24-12-13-8-6-5-7-9-13/h3-9,14H,1-2,10-12H2,(H,18,21)/t14-/m0/s1. The van der Waals surface area contributed by atoms with Gasteiger partial charge in [0, 0.05) is 6.42 Å². The van der Waals surface area contributed by atoms with Gasteiger partial charge < -0.3 is 19.5 Å². The number of ether oxygens (including phenoxy) is 3. The molecule has 1 aromatic rings. The van der Waals surface area contributed by atoms with Crippen LogP contribution < -0.4 is 5.32 Å². The summed E-state index contributed by atoms with van der Waals surface area (Å²) in [5.41, 5.74) is 0.799. The topological polar surface area (TPSA) is 90.9 Å². The number of hydrogen-bond donors (Lipinski definition) is 1. The lowest BCUT2D eigenvalue weighted by atomic mass is 10.1. The molecule has 0 saturated heterocycles. The lowest BCUT2D eigenvalue weighted by Crippen LogP contribution is -2.42. The SMILES string of the molecule is C=COC(=O)CC[C@H](NC(=O)OCc1ccccc1)C(=O)OC=C. The van der Waals surface area contributed by atoms with Crippen LogP contribution in [0.5, 0.6) is 0 Å². The Balaban J connectivity index is 2.54. The summed E-state index contributed by atoms with van der Waals surface area (Å²) in [6.45, 7) is 6.58. The third-order valence-electron chi connectivity index (χ3n) is 2.84. The molecule has 0 radical (unpaired) electrons. The van der Waals surface area contributed by atoms with Crippen LogP contribution in [0.2, 0.25) is 0 Å². The van der Waals surface area contributed by atoms with Gasteiger partial charge in [-0.1, -0.05) is 43.5 Å². The van der Waals surface area contributed by atoms with Crippen molar-refractivity contribution in [3.05, 3.63) is 61.6 Å². The van der Waals surface area contributed by atoms with Crippen LogP contribution >= 0.6 is 0 Å². The molecule has 1 aromatic carbocycles. The van der Waals surface area contributed by atoms with Gasteiger partial charge in [0.05, 0.1) is 12.5 Å². The van der Waals surface area contributed by atoms with Crippen molar-refractivity contribution in [2.45, 2.75) is 25.5 Å². The Hall–Kier alpha value is -3.09. The van der Waals surface area contributed by atoms with Gasteiger partial charge >= 0.3 is 18.0 Å². The predicted octanol–water partition coefficient (Wildman–Crippen LogP) is 2.44. The average molecular weight is 333 g/mol. The highest BCUT2D eigenvalue weighted by atomic mass is 16.6. The van der Waals surface area contributed by atoms with Gasteiger partial charge in [-0.25, -0.2) is 9.59 Å². The largest absolute Gasteiger partial charge is 0.445 e. The van der Waals surface area contributed by atoms with E-state index in [2.05, 4.69) is 27.9 Å². The number of nitrogens with one attached hydrogen (secondary N) is 1. The van der Waals surface area contributed by atoms with Crippen LogP contribution in [0, 0.1) is 0 Å². The molecule has 0 spiro atoms. The Kier molecular flexibility index (Phi) is 8.38. The molecule has 0 unspecified atom stereocenters. The van der Waals surface area contributed by atoms with E-state index < -0.39 is 24.1 Å². The highest BCUT2D eigenvalue weighted by molar-refractivity contribution is 5.82. The van der Waals surface area contributed by atoms with Gasteiger partial charge in [-0.3, -0.25) is 4.79 Å². The van der Waals surface area contributed by atoms with Crippen molar-refractivity contribution in [3.8, 4) is 0 Å². The van der Waals surface area contributed by atoms with Crippen molar-refractivity contribution in [2.24, 2.45) is 0 Å². The lowest BCUT2D eigenvalue weighted by Gasteiger charge is -2.16. The number of esters is 2. The number of rotatable bonds is 9. The monoisotopic (exact) mass is 333 g/mol. The smallest absolute Gasteiger partial charge is 0.408 e. The fourth-order valence-electron chi connectivity index (χ4n) is 1.73. The fourth-order valence-corrected chi connectivity index (χ4v) is 1.73. The Bertz CT molecular complexity index is 584. The van der Waals surface area contributed by atoms with E-state index >= 15 is 0 Å². The van der Waals surface area contributed by atoms with Crippen LogP contribution in [-0.4, -0.2) is 24.1 Å². The summed E-state index contributed by atoms with van der Waals surface area (Å²) >= 11 is 0. The van der Waals surface area contributed by atoms with E-state index in [0.29, 0.717) is 0 Å². The second-order valence-corrected chi connectivity index (χ2v) is 4.56. The second-order valence-electron chi connectivity index (χ2n) is 4.56. The minimum atomic E-state index is -1.07. The Morgan fingerprint density at radius 3 is 2.38 bits per heavy atom. The molecule has 0 saturated carbocycles. The highest BCUT2D eigenvalue weighted by Gasteiger charge is 2.23. The van der Waals surface area contributed by atoms with E-state index in [4.69, 9.17) is 4.74 Å². The normalized spacial score (nSPS) is 10.8. The fraction of sp³-hybridized carbons (Fsp3) is 0.235. The first-order valence-corrected chi connectivity index (χ1v) is 7.15. The molecular weight excluding hydrogens is 314 g/mol. The molecule has 0 aliphatic carbocycles. The van der Waals surface area contributed by atoms with E-state index in [9.17, 15) is 14.4 Å². The lowest BCUT2D eigenvalue weighted by molar-refractivity contribution is -0.141. The van der Waals surface area contributed by atoms with Crippen LogP contribution in [0.3, 0.4) is 0 Å². The number of hydrogen-bond acceptors (Lipinski definition) is 6. The van der Waals surface area contributed by atoms with Gasteiger partial charge in [-0.2, -0.15) is 0 Å². The van der Waals surface area contributed by atoms with Crippen molar-refractivity contribution in [3.63, 3.8) is 0 Å². The predicted molar refractivity (Wildman–Crippen MR) is 85.4 cm³/mol. The Morgan fingerprint density at radius 1 is 1.08 bits per heavy atom. The van der Waals surface area contributed by atoms with Crippen molar-refractivity contribution in [1.82, 2.24) is 5.32 Å². The molecule has 7 heteroatoms. The zero-order valence-electron chi connectivity index (χ0n) is 13.1. The number of carbonyl (C=O) groups is 3. The van der Waals surface area contributed by atoms with Gasteiger partial charge in [0.25, 0.3) is 0 Å². The van der Waals surface area contributed by atoms with Crippen LogP contribution in [0.1, 0.15) is 18.4 Å². The number of carbonyl (C=O) groups excluding carboxylic acids is 3. The molecular formula is C17H19NO6. The summed E-state index contributed by atoms with van der Waals surface area (Å²) in [5, 5.41) is 2.35. The maximum absolute atomic E-state index is 11.8. The van der Waals surface area contributed by atoms with Gasteiger partial charge in [0.15, 0.2) is 0 Å². The summed E-state index contributed by atoms with van der Waals surface area (Å²) in [6, 6.07) is 7.98. The number of benzene rings is 1. The van der Waals surface area contributed by atoms with Gasteiger partial charge in [-0.15, -0.1) is 0 Å². The first-order chi connectivity index (χ1) is 11.6. The second kappa shape index (κ2) is 10.6. The molecule has 24 heavy (non-hydrogen) atoms. The van der Waals surface area contributed by atoms with E-state index in [1.165, 1.54) is 0 Å². The first-order valence-electron chi connectivity index (χ1n) is 7.15. The van der Waals surface area contributed by atoms with Gasteiger partial charge in [-0.05, 0) is 12.0 Å². The number of amides is 1. The van der Waals surface area contributed by atoms with E-state index in [1.54, 1.807) is 12.1 Å². The van der Waals surface area contributed by atoms with E-state index in [1.807, 2.05) is 18.2 Å². The van der Waals surface area contributed by atoms with Crippen molar-refractivity contribution in [1.29, 1.82) is 0 Å². The molecule has 0 aliphatic heterocycles. The first kappa shape index (κ1) is 19.0. The van der Waals surface area contributed by atoms with Gasteiger partial charge in [0.2, 0.25) is 0 Å². The van der Waals surface area contributed by atoms with Crippen LogP contribution in [0.25, 0.3) is 0 Å². The summed E-state index contributed by atoms with van der Waals surface area (Å²) in [4.78, 5) is 34.9. The molecule has 1 N–H and O–H groups in total. The van der Waals surface area contributed by atoms with E-state index in [0.717, 1.165) is 18.1 Å². The van der Waals surface area contributed by atoms with Crippen LogP contribution in [-0.2, 0) is 30.4 Å². The maximum Gasteiger partial charge on any atom is 0.408 e. The Morgan fingerprint density at radius 2 is 1.75 bits per heavy atom. The highest BCUT2D eigenvalue weighted by Crippen LogP contribution is 2.05. The third-order valence-corrected chi connectivity index (χ3v) is 2.84. The van der Waals surface area contributed by atoms with Crippen molar-refractivity contribution >= 4 is 18.0 Å². The molecule has 0 fully saturated rings. The summed E-state index contributed by atoms with van der Waals surface area (Å²) in [5.74, 6) is -1.34. The molecule has 7 nitrogen and oxygen atoms in total. The quantitative estimate of drug-likeness (QED) is 0.424. The third kappa shape index (κ3) is 7.26. The van der Waals surface area contributed by atoms with Gasteiger partial charge in [0.1, 0.15) is 12.6 Å². The zero-order chi connectivity index (χ0) is 17.8. The number of alkyl carbamates (subject to hydrolysis) is 1. The summed E-state index contributed by atoms with van der Waals surface area (Å²) in [6.07, 6.45) is 0.999. The molecule has 128 valence electrons. The minimum Gasteiger partial charge on any atom is -0.445 e. The van der Waals surface area contributed by atoms with Crippen molar-refractivity contribution < 1.29 is 28.6 Å². The van der Waals surface area contributed by atoms with E-state index in [-0.39, 0.29) is 19.4 Å². The molecule has 1 atom stereocenters. The molecule has 0 heterocycles. The summed E-state index contributed by atoms with van der Waals surface area (Å²) in [7, 11) is 0. The van der Waals surface area contributed by atoms with Crippen LogP contribution in [0.15, 0.2) is 56.0 Å². The molecule has 0 aromatic heterocycles. The molecule has 1 amide bonds. The molecule has 0 aliphatic rings. The van der Waals surface area contributed by atoms with Crippen LogP contribution in [0.4, 0.5) is 4.79 Å². The van der Waals surface area contributed by atoms with Crippen molar-refractivity contribution in [2.75, 3.05) is 0 Å². The maximum atomic E-state index is 11.8. The molecule has 0 bridgehead atoms. The minimum absolute atomic E-state index is 0.0141. The zero-order valence-corrected chi connectivity index (χ0v) is 13.1. The molecule has 1 rings (SSSR count). The summed E-state index contributed by atoms with van der Waals surface area (Å²) < 4.78 is 14.2. The average Bonchev–Trinajstić information content (AvgIpc) is 2.58. The Labute approximate surface area is 139 Å².